The number of aliphatic hydroxyl groups excluding tert-OH is 1. The van der Waals surface area contributed by atoms with Crippen LogP contribution in [0.5, 0.6) is 0 Å². The fraction of sp³-hybridized carbons (Fsp3) is 0.350. The lowest BCUT2D eigenvalue weighted by atomic mass is 9.76. The van der Waals surface area contributed by atoms with Crippen LogP contribution < -0.4 is 10.6 Å². The molecule has 0 saturated heterocycles. The molecule has 2 aromatic rings. The monoisotopic (exact) mass is 392 g/mol. The first-order valence-corrected chi connectivity index (χ1v) is 9.46. The summed E-state index contributed by atoms with van der Waals surface area (Å²) < 4.78 is 0. The van der Waals surface area contributed by atoms with Crippen LogP contribution in [0.1, 0.15) is 51.8 Å². The summed E-state index contributed by atoms with van der Waals surface area (Å²) in [5, 5.41) is 16.1. The molecule has 0 heterocycles. The van der Waals surface area contributed by atoms with Crippen molar-refractivity contribution in [1.82, 2.24) is 10.6 Å². The van der Waals surface area contributed by atoms with Gasteiger partial charge in [-0.15, -0.1) is 0 Å². The highest BCUT2D eigenvalue weighted by atomic mass is 35.5. The van der Waals surface area contributed by atoms with Crippen molar-refractivity contribution in [1.29, 1.82) is 0 Å². The number of carbonyl (C=O) groups is 1. The Bertz CT molecular complexity index is 810. The summed E-state index contributed by atoms with van der Waals surface area (Å²) in [4.78, 5) is 12.3. The summed E-state index contributed by atoms with van der Waals surface area (Å²) in [6, 6.07) is 11.8. The van der Waals surface area contributed by atoms with Crippen molar-refractivity contribution < 1.29 is 9.90 Å². The van der Waals surface area contributed by atoms with E-state index in [0.717, 1.165) is 24.0 Å². The lowest BCUT2D eigenvalue weighted by Gasteiger charge is -2.32. The van der Waals surface area contributed by atoms with Crippen LogP contribution in [0.15, 0.2) is 36.4 Å². The summed E-state index contributed by atoms with van der Waals surface area (Å²) in [6.07, 6.45) is 1.96. The number of nitrogens with one attached hydrogen (secondary N) is 2. The van der Waals surface area contributed by atoms with Gasteiger partial charge in [0.05, 0.1) is 16.7 Å². The molecule has 3 rings (SSSR count). The maximum atomic E-state index is 12.3. The second-order valence-corrected chi connectivity index (χ2v) is 7.28. The average molecular weight is 393 g/mol. The quantitative estimate of drug-likeness (QED) is 0.722. The number of benzene rings is 2. The number of rotatable bonds is 5. The Balaban J connectivity index is 2.02. The summed E-state index contributed by atoms with van der Waals surface area (Å²) in [7, 11) is 1.95. The number of amides is 1. The molecule has 0 saturated carbocycles. The second kappa shape index (κ2) is 8.40. The van der Waals surface area contributed by atoms with E-state index < -0.39 is 0 Å². The molecule has 1 aliphatic rings. The standard InChI is InChI=1S/C20H22Cl2N2O2/c1-23-19-7-5-14(12-3-6-17(21)18(22)11-12)16-10-13(2-4-15(16)19)20(26)24-8-9-25/h2-4,6,10-11,14,19,23,25H,5,7-9H2,1H3,(H,24,26)/t14-,19-/m0/s1. The third-order valence-electron chi connectivity index (χ3n) is 4.94. The van der Waals surface area contributed by atoms with Gasteiger partial charge in [0, 0.05) is 24.1 Å². The Morgan fingerprint density at radius 1 is 1.12 bits per heavy atom. The van der Waals surface area contributed by atoms with Crippen LogP contribution >= 0.6 is 23.2 Å². The van der Waals surface area contributed by atoms with E-state index in [-0.39, 0.29) is 31.0 Å². The van der Waals surface area contributed by atoms with Crippen LogP contribution in [0, 0.1) is 0 Å². The Labute approximate surface area is 163 Å². The van der Waals surface area contributed by atoms with Crippen molar-refractivity contribution in [3.8, 4) is 0 Å². The summed E-state index contributed by atoms with van der Waals surface area (Å²) in [6.45, 7) is 0.162. The van der Waals surface area contributed by atoms with Gasteiger partial charge < -0.3 is 15.7 Å². The molecule has 0 unspecified atom stereocenters. The largest absolute Gasteiger partial charge is 0.395 e. The van der Waals surface area contributed by atoms with Gasteiger partial charge in [-0.05, 0) is 60.8 Å². The SMILES string of the molecule is CN[C@H]1CC[C@@H](c2ccc(Cl)c(Cl)c2)c2cc(C(=O)NCCO)ccc21. The van der Waals surface area contributed by atoms with Crippen LogP contribution in [0.3, 0.4) is 0 Å². The van der Waals surface area contributed by atoms with Gasteiger partial charge in [-0.3, -0.25) is 4.79 Å². The first-order valence-electron chi connectivity index (χ1n) is 8.70. The molecule has 138 valence electrons. The topological polar surface area (TPSA) is 61.4 Å². The van der Waals surface area contributed by atoms with Crippen molar-refractivity contribution in [3.63, 3.8) is 0 Å². The smallest absolute Gasteiger partial charge is 0.251 e. The summed E-state index contributed by atoms with van der Waals surface area (Å²) in [5.74, 6) is -0.0173. The molecule has 0 spiro atoms. The summed E-state index contributed by atoms with van der Waals surface area (Å²) >= 11 is 12.3. The summed E-state index contributed by atoms with van der Waals surface area (Å²) in [5.41, 5.74) is 4.03. The van der Waals surface area contributed by atoms with Gasteiger partial charge in [-0.2, -0.15) is 0 Å². The molecule has 0 radical (unpaired) electrons. The van der Waals surface area contributed by atoms with E-state index >= 15 is 0 Å². The molecule has 1 amide bonds. The number of carbonyl (C=O) groups excluding carboxylic acids is 1. The van der Waals surface area contributed by atoms with Crippen molar-refractivity contribution in [2.45, 2.75) is 24.8 Å². The van der Waals surface area contributed by atoms with Crippen LogP contribution in [0.2, 0.25) is 10.0 Å². The zero-order chi connectivity index (χ0) is 18.7. The predicted molar refractivity (Wildman–Crippen MR) is 105 cm³/mol. The number of hydrogen-bond acceptors (Lipinski definition) is 3. The van der Waals surface area contributed by atoms with Gasteiger partial charge in [0.15, 0.2) is 0 Å². The second-order valence-electron chi connectivity index (χ2n) is 6.47. The maximum Gasteiger partial charge on any atom is 0.251 e. The van der Waals surface area contributed by atoms with Gasteiger partial charge in [0.1, 0.15) is 0 Å². The van der Waals surface area contributed by atoms with Gasteiger partial charge in [-0.25, -0.2) is 0 Å². The molecular formula is C20H22Cl2N2O2. The van der Waals surface area contributed by atoms with Gasteiger partial charge >= 0.3 is 0 Å². The highest BCUT2D eigenvalue weighted by Gasteiger charge is 2.28. The molecule has 2 atom stereocenters. The molecule has 3 N–H and O–H groups in total. The minimum Gasteiger partial charge on any atom is -0.395 e. The van der Waals surface area contributed by atoms with E-state index in [9.17, 15) is 4.79 Å². The molecule has 0 aliphatic heterocycles. The van der Waals surface area contributed by atoms with Crippen molar-refractivity contribution >= 4 is 29.1 Å². The Morgan fingerprint density at radius 3 is 2.62 bits per heavy atom. The van der Waals surface area contributed by atoms with E-state index in [1.54, 1.807) is 0 Å². The molecule has 4 nitrogen and oxygen atoms in total. The van der Waals surface area contributed by atoms with Crippen LogP contribution in [0.4, 0.5) is 0 Å². The highest BCUT2D eigenvalue weighted by molar-refractivity contribution is 6.42. The lowest BCUT2D eigenvalue weighted by molar-refractivity contribution is 0.0944. The molecule has 0 aromatic heterocycles. The van der Waals surface area contributed by atoms with Crippen LogP contribution in [-0.2, 0) is 0 Å². The van der Waals surface area contributed by atoms with Crippen molar-refractivity contribution in [3.05, 3.63) is 68.7 Å². The zero-order valence-corrected chi connectivity index (χ0v) is 16.1. The Kier molecular flexibility index (Phi) is 6.20. The van der Waals surface area contributed by atoms with Crippen molar-refractivity contribution in [2.24, 2.45) is 0 Å². The molecule has 0 fully saturated rings. The maximum absolute atomic E-state index is 12.3. The van der Waals surface area contributed by atoms with E-state index in [1.807, 2.05) is 43.4 Å². The number of fused-ring (bicyclic) bond motifs is 1. The van der Waals surface area contributed by atoms with Gasteiger partial charge in [0.25, 0.3) is 5.91 Å². The van der Waals surface area contributed by atoms with Gasteiger partial charge in [0.2, 0.25) is 0 Å². The normalized spacial score (nSPS) is 19.1. The molecule has 0 bridgehead atoms. The molecule has 1 aliphatic carbocycles. The molecule has 2 aromatic carbocycles. The highest BCUT2D eigenvalue weighted by Crippen LogP contribution is 2.42. The fourth-order valence-electron chi connectivity index (χ4n) is 3.63. The van der Waals surface area contributed by atoms with E-state index in [4.69, 9.17) is 28.3 Å². The molecular weight excluding hydrogens is 371 g/mol. The average Bonchev–Trinajstić information content (AvgIpc) is 2.67. The zero-order valence-electron chi connectivity index (χ0n) is 14.6. The van der Waals surface area contributed by atoms with Crippen LogP contribution in [-0.4, -0.2) is 31.2 Å². The fourth-order valence-corrected chi connectivity index (χ4v) is 3.93. The first-order chi connectivity index (χ1) is 12.5. The molecule has 6 heteroatoms. The van der Waals surface area contributed by atoms with E-state index in [1.165, 1.54) is 5.56 Å². The third-order valence-corrected chi connectivity index (χ3v) is 5.67. The lowest BCUT2D eigenvalue weighted by Crippen LogP contribution is -2.28. The Hall–Kier alpha value is -1.59. The van der Waals surface area contributed by atoms with E-state index in [0.29, 0.717) is 15.6 Å². The third kappa shape index (κ3) is 3.89. The minimum atomic E-state index is -0.179. The predicted octanol–water partition coefficient (Wildman–Crippen LogP) is 3.90. The van der Waals surface area contributed by atoms with Crippen LogP contribution in [0.25, 0.3) is 0 Å². The number of hydrogen-bond donors (Lipinski definition) is 3. The molecule has 26 heavy (non-hydrogen) atoms. The minimum absolute atomic E-state index is 0.0790. The van der Waals surface area contributed by atoms with Crippen molar-refractivity contribution in [2.75, 3.05) is 20.2 Å². The van der Waals surface area contributed by atoms with E-state index in [2.05, 4.69) is 10.6 Å². The first kappa shape index (κ1) is 19.2. The number of halogens is 2. The van der Waals surface area contributed by atoms with Gasteiger partial charge in [-0.1, -0.05) is 35.3 Å². The number of aliphatic hydroxyl groups is 1. The Morgan fingerprint density at radius 2 is 1.92 bits per heavy atom.